The molecule has 4 heteroatoms. The fourth-order valence-corrected chi connectivity index (χ4v) is 1.42. The van der Waals surface area contributed by atoms with Gasteiger partial charge in [-0.3, -0.25) is 0 Å². The summed E-state index contributed by atoms with van der Waals surface area (Å²) in [5, 5.41) is 11.8. The minimum absolute atomic E-state index is 0.108. The maximum atomic E-state index is 13.4. The summed E-state index contributed by atoms with van der Waals surface area (Å²) in [6, 6.07) is 3.81. The second-order valence-corrected chi connectivity index (χ2v) is 3.65. The number of benzene rings is 1. The van der Waals surface area contributed by atoms with Crippen LogP contribution in [-0.4, -0.2) is 17.6 Å². The molecule has 0 aliphatic heterocycles. The van der Waals surface area contributed by atoms with Gasteiger partial charge in [-0.1, -0.05) is 12.2 Å². The number of allylic oxidation sites excluding steroid dienone is 1. The van der Waals surface area contributed by atoms with Crippen LogP contribution in [0.1, 0.15) is 29.3 Å². The molecule has 1 aromatic carbocycles. The van der Waals surface area contributed by atoms with Crippen molar-refractivity contribution in [2.75, 3.05) is 6.54 Å². The first-order valence-electron chi connectivity index (χ1n) is 5.48. The molecule has 0 aromatic heterocycles. The molecule has 0 unspecified atom stereocenters. The van der Waals surface area contributed by atoms with Crippen molar-refractivity contribution in [3.63, 3.8) is 0 Å². The van der Waals surface area contributed by atoms with Gasteiger partial charge >= 0.3 is 5.97 Å². The van der Waals surface area contributed by atoms with Crippen LogP contribution in [0.5, 0.6) is 0 Å². The summed E-state index contributed by atoms with van der Waals surface area (Å²) in [6.07, 6.45) is 4.83. The molecule has 3 nitrogen and oxygen atoms in total. The van der Waals surface area contributed by atoms with Gasteiger partial charge in [-0.15, -0.1) is 0 Å². The average molecular weight is 237 g/mol. The van der Waals surface area contributed by atoms with Crippen LogP contribution in [0.2, 0.25) is 0 Å². The molecule has 0 aliphatic carbocycles. The summed E-state index contributed by atoms with van der Waals surface area (Å²) in [6.45, 7) is 3.02. The largest absolute Gasteiger partial charge is 0.478 e. The van der Waals surface area contributed by atoms with Gasteiger partial charge in [-0.2, -0.15) is 0 Å². The number of halogens is 1. The van der Waals surface area contributed by atoms with Gasteiger partial charge in [-0.25, -0.2) is 9.18 Å². The Morgan fingerprint density at radius 2 is 2.29 bits per heavy atom. The van der Waals surface area contributed by atoms with Gasteiger partial charge in [-0.05, 0) is 38.1 Å². The molecule has 0 bridgehead atoms. The number of carboxylic acids is 1. The monoisotopic (exact) mass is 237 g/mol. The minimum Gasteiger partial charge on any atom is -0.478 e. The second-order valence-electron chi connectivity index (χ2n) is 3.65. The number of carboxylic acid groups (broad SMARTS) is 1. The van der Waals surface area contributed by atoms with Crippen molar-refractivity contribution >= 4 is 5.97 Å². The molecule has 0 radical (unpaired) electrons. The highest BCUT2D eigenvalue weighted by atomic mass is 19.1. The van der Waals surface area contributed by atoms with E-state index in [9.17, 15) is 9.18 Å². The molecular formula is C13H16FNO2. The van der Waals surface area contributed by atoms with Crippen LogP contribution in [0.25, 0.3) is 0 Å². The van der Waals surface area contributed by atoms with Crippen LogP contribution in [-0.2, 0) is 6.54 Å². The zero-order chi connectivity index (χ0) is 12.7. The molecule has 0 atom stereocenters. The SMILES string of the molecule is C/C=C/CCNCc1cc(C(=O)O)ccc1F. The van der Waals surface area contributed by atoms with E-state index < -0.39 is 5.97 Å². The van der Waals surface area contributed by atoms with Gasteiger partial charge in [0.15, 0.2) is 0 Å². The van der Waals surface area contributed by atoms with Crippen molar-refractivity contribution in [2.24, 2.45) is 0 Å². The molecule has 2 N–H and O–H groups in total. The van der Waals surface area contributed by atoms with Crippen LogP contribution in [0, 0.1) is 5.82 Å². The van der Waals surface area contributed by atoms with Gasteiger partial charge in [0.1, 0.15) is 5.82 Å². The summed E-state index contributed by atoms with van der Waals surface area (Å²) < 4.78 is 13.4. The molecule has 0 fully saturated rings. The summed E-state index contributed by atoms with van der Waals surface area (Å²) >= 11 is 0. The molecule has 1 aromatic rings. The Hall–Kier alpha value is -1.68. The van der Waals surface area contributed by atoms with Gasteiger partial charge in [0.05, 0.1) is 5.56 Å². The van der Waals surface area contributed by atoms with Crippen molar-refractivity contribution in [3.8, 4) is 0 Å². The average Bonchev–Trinajstić information content (AvgIpc) is 2.30. The lowest BCUT2D eigenvalue weighted by atomic mass is 10.1. The third-order valence-electron chi connectivity index (χ3n) is 2.33. The van der Waals surface area contributed by atoms with E-state index >= 15 is 0 Å². The van der Waals surface area contributed by atoms with E-state index in [4.69, 9.17) is 5.11 Å². The Kier molecular flexibility index (Phi) is 5.36. The molecule has 0 saturated carbocycles. The van der Waals surface area contributed by atoms with Crippen LogP contribution >= 0.6 is 0 Å². The van der Waals surface area contributed by atoms with Gasteiger partial charge < -0.3 is 10.4 Å². The number of hydrogen-bond acceptors (Lipinski definition) is 2. The van der Waals surface area contributed by atoms with Gasteiger partial charge in [0, 0.05) is 12.1 Å². The Morgan fingerprint density at radius 1 is 1.53 bits per heavy atom. The van der Waals surface area contributed by atoms with Gasteiger partial charge in [0.2, 0.25) is 0 Å². The molecule has 1 rings (SSSR count). The normalized spacial score (nSPS) is 10.9. The Balaban J connectivity index is 2.57. The molecule has 0 saturated heterocycles. The van der Waals surface area contributed by atoms with Crippen molar-refractivity contribution in [3.05, 3.63) is 47.3 Å². The maximum absolute atomic E-state index is 13.4. The first-order chi connectivity index (χ1) is 8.15. The number of nitrogens with one attached hydrogen (secondary N) is 1. The summed E-state index contributed by atoms with van der Waals surface area (Å²) in [5.74, 6) is -1.42. The molecule has 92 valence electrons. The Morgan fingerprint density at radius 3 is 2.94 bits per heavy atom. The molecule has 0 amide bonds. The number of aromatic carboxylic acids is 1. The van der Waals surface area contributed by atoms with E-state index in [1.165, 1.54) is 18.2 Å². The van der Waals surface area contributed by atoms with Crippen molar-refractivity contribution in [1.82, 2.24) is 5.32 Å². The number of carbonyl (C=O) groups is 1. The Labute approximate surface area is 100.0 Å². The van der Waals surface area contributed by atoms with Crippen LogP contribution < -0.4 is 5.32 Å². The smallest absolute Gasteiger partial charge is 0.335 e. The summed E-state index contributed by atoms with van der Waals surface area (Å²) in [4.78, 5) is 10.7. The van der Waals surface area contributed by atoms with Crippen molar-refractivity contribution < 1.29 is 14.3 Å². The molecule has 17 heavy (non-hydrogen) atoms. The third-order valence-corrected chi connectivity index (χ3v) is 2.33. The van der Waals surface area contributed by atoms with E-state index in [0.29, 0.717) is 12.1 Å². The number of hydrogen-bond donors (Lipinski definition) is 2. The van der Waals surface area contributed by atoms with Crippen LogP contribution in [0.4, 0.5) is 4.39 Å². The fourth-order valence-electron chi connectivity index (χ4n) is 1.42. The molecule has 0 heterocycles. The molecular weight excluding hydrogens is 221 g/mol. The zero-order valence-electron chi connectivity index (χ0n) is 9.74. The quantitative estimate of drug-likeness (QED) is 0.590. The highest BCUT2D eigenvalue weighted by molar-refractivity contribution is 5.87. The lowest BCUT2D eigenvalue weighted by Crippen LogP contribution is -2.15. The summed E-state index contributed by atoms with van der Waals surface area (Å²) in [5.41, 5.74) is 0.488. The third kappa shape index (κ3) is 4.36. The lowest BCUT2D eigenvalue weighted by molar-refractivity contribution is 0.0696. The lowest BCUT2D eigenvalue weighted by Gasteiger charge is -2.06. The maximum Gasteiger partial charge on any atom is 0.335 e. The highest BCUT2D eigenvalue weighted by Crippen LogP contribution is 2.10. The van der Waals surface area contributed by atoms with Crippen LogP contribution in [0.15, 0.2) is 30.4 Å². The van der Waals surface area contributed by atoms with E-state index in [-0.39, 0.29) is 11.4 Å². The minimum atomic E-state index is -1.04. The van der Waals surface area contributed by atoms with E-state index in [1.54, 1.807) is 0 Å². The fraction of sp³-hybridized carbons (Fsp3) is 0.308. The molecule has 0 spiro atoms. The van der Waals surface area contributed by atoms with Crippen LogP contribution in [0.3, 0.4) is 0 Å². The second kappa shape index (κ2) is 6.81. The van der Waals surface area contributed by atoms with Crippen molar-refractivity contribution in [1.29, 1.82) is 0 Å². The summed E-state index contributed by atoms with van der Waals surface area (Å²) in [7, 11) is 0. The predicted molar refractivity (Wildman–Crippen MR) is 64.5 cm³/mol. The van der Waals surface area contributed by atoms with Gasteiger partial charge in [0.25, 0.3) is 0 Å². The number of rotatable bonds is 6. The topological polar surface area (TPSA) is 49.3 Å². The zero-order valence-corrected chi connectivity index (χ0v) is 9.74. The van der Waals surface area contributed by atoms with E-state index in [1.807, 2.05) is 19.1 Å². The Bertz CT molecular complexity index is 416. The standard InChI is InChI=1S/C13H16FNO2/c1-2-3-4-7-15-9-11-8-10(13(16)17)5-6-12(11)14/h2-3,5-6,8,15H,4,7,9H2,1H3,(H,16,17)/b3-2+. The first kappa shape index (κ1) is 13.4. The first-order valence-corrected chi connectivity index (χ1v) is 5.48. The van der Waals surface area contributed by atoms with E-state index in [0.717, 1.165) is 13.0 Å². The highest BCUT2D eigenvalue weighted by Gasteiger charge is 2.07. The predicted octanol–water partition coefficient (Wildman–Crippen LogP) is 2.58. The molecule has 0 aliphatic rings. The van der Waals surface area contributed by atoms with E-state index in [2.05, 4.69) is 5.32 Å². The van der Waals surface area contributed by atoms with Crippen molar-refractivity contribution in [2.45, 2.75) is 19.9 Å².